The zero-order chi connectivity index (χ0) is 17.8. The molecular formula is C19H30N4O2. The normalized spacial score (nSPS) is 20.5. The van der Waals surface area contributed by atoms with Crippen LogP contribution in [0.4, 0.5) is 0 Å². The maximum Gasteiger partial charge on any atom is 0.271 e. The Labute approximate surface area is 149 Å². The van der Waals surface area contributed by atoms with Gasteiger partial charge in [0.1, 0.15) is 5.69 Å². The molecule has 1 atom stereocenters. The van der Waals surface area contributed by atoms with Gasteiger partial charge in [-0.3, -0.25) is 9.59 Å². The van der Waals surface area contributed by atoms with E-state index in [9.17, 15) is 9.59 Å². The van der Waals surface area contributed by atoms with Crippen molar-refractivity contribution in [1.29, 1.82) is 0 Å². The lowest BCUT2D eigenvalue weighted by Gasteiger charge is -2.25. The SMILES string of the molecule is CCC(CC)NC(=O)c1ncn2c1CCC(C(=O)NC1CCCC1)C2. The van der Waals surface area contributed by atoms with Gasteiger partial charge in [0.25, 0.3) is 5.91 Å². The van der Waals surface area contributed by atoms with Crippen LogP contribution in [0.25, 0.3) is 0 Å². The molecule has 0 spiro atoms. The number of hydrogen-bond donors (Lipinski definition) is 2. The van der Waals surface area contributed by atoms with E-state index in [-0.39, 0.29) is 23.8 Å². The number of nitrogens with zero attached hydrogens (tertiary/aromatic N) is 2. The number of nitrogens with one attached hydrogen (secondary N) is 2. The highest BCUT2D eigenvalue weighted by Crippen LogP contribution is 2.24. The molecule has 0 bridgehead atoms. The molecule has 1 fully saturated rings. The molecule has 6 nitrogen and oxygen atoms in total. The van der Waals surface area contributed by atoms with E-state index in [4.69, 9.17) is 0 Å². The van der Waals surface area contributed by atoms with Gasteiger partial charge < -0.3 is 15.2 Å². The smallest absolute Gasteiger partial charge is 0.271 e. The molecule has 0 radical (unpaired) electrons. The molecule has 1 aromatic heterocycles. The molecular weight excluding hydrogens is 316 g/mol. The average Bonchev–Trinajstić information content (AvgIpc) is 3.28. The summed E-state index contributed by atoms with van der Waals surface area (Å²) in [7, 11) is 0. The molecule has 2 N–H and O–H groups in total. The summed E-state index contributed by atoms with van der Waals surface area (Å²) >= 11 is 0. The molecule has 2 aliphatic rings. The van der Waals surface area contributed by atoms with Crippen LogP contribution in [0.3, 0.4) is 0 Å². The van der Waals surface area contributed by atoms with Crippen LogP contribution in [-0.4, -0.2) is 33.4 Å². The predicted molar refractivity (Wildman–Crippen MR) is 96.3 cm³/mol. The van der Waals surface area contributed by atoms with Crippen molar-refractivity contribution < 1.29 is 9.59 Å². The standard InChI is InChI=1S/C19H30N4O2/c1-3-14(4-2)21-19(25)17-16-10-9-13(11-23(16)12-20-17)18(24)22-15-7-5-6-8-15/h12-15H,3-11H2,1-2H3,(H,21,25)(H,22,24). The minimum absolute atomic E-state index is 0.0164. The van der Waals surface area contributed by atoms with Crippen molar-refractivity contribution in [1.82, 2.24) is 20.2 Å². The second-order valence-electron chi connectivity index (χ2n) is 7.40. The molecule has 6 heteroatoms. The van der Waals surface area contributed by atoms with Crippen LogP contribution in [0, 0.1) is 5.92 Å². The fourth-order valence-electron chi connectivity index (χ4n) is 4.01. The van der Waals surface area contributed by atoms with Crippen molar-refractivity contribution in [2.24, 2.45) is 5.92 Å². The van der Waals surface area contributed by atoms with E-state index in [0.717, 1.165) is 44.2 Å². The Hall–Kier alpha value is -1.85. The van der Waals surface area contributed by atoms with Gasteiger partial charge in [0.15, 0.2) is 0 Å². The third kappa shape index (κ3) is 4.05. The number of carbonyl (C=O) groups is 2. The predicted octanol–water partition coefficient (Wildman–Crippen LogP) is 2.42. The number of rotatable bonds is 6. The third-order valence-corrected chi connectivity index (χ3v) is 5.70. The van der Waals surface area contributed by atoms with E-state index in [1.807, 2.05) is 4.57 Å². The molecule has 1 aliphatic heterocycles. The first-order valence-corrected chi connectivity index (χ1v) is 9.77. The first kappa shape index (κ1) is 18.0. The van der Waals surface area contributed by atoms with Crippen molar-refractivity contribution in [3.63, 3.8) is 0 Å². The molecule has 25 heavy (non-hydrogen) atoms. The Morgan fingerprint density at radius 1 is 1.24 bits per heavy atom. The highest BCUT2D eigenvalue weighted by molar-refractivity contribution is 5.93. The Morgan fingerprint density at radius 2 is 1.96 bits per heavy atom. The lowest BCUT2D eigenvalue weighted by Crippen LogP contribution is -2.41. The summed E-state index contributed by atoms with van der Waals surface area (Å²) in [6.07, 6.45) is 9.72. The van der Waals surface area contributed by atoms with E-state index in [1.165, 1.54) is 12.8 Å². The number of hydrogen-bond acceptors (Lipinski definition) is 3. The third-order valence-electron chi connectivity index (χ3n) is 5.70. The monoisotopic (exact) mass is 346 g/mol. The minimum Gasteiger partial charge on any atom is -0.353 e. The van der Waals surface area contributed by atoms with Crippen LogP contribution in [0.15, 0.2) is 6.33 Å². The van der Waals surface area contributed by atoms with Gasteiger partial charge in [0.05, 0.1) is 17.9 Å². The Balaban J connectivity index is 1.62. The minimum atomic E-state index is -0.0868. The summed E-state index contributed by atoms with van der Waals surface area (Å²) in [6, 6.07) is 0.552. The van der Waals surface area contributed by atoms with E-state index >= 15 is 0 Å². The van der Waals surface area contributed by atoms with Gasteiger partial charge in [0, 0.05) is 18.6 Å². The van der Waals surface area contributed by atoms with Crippen LogP contribution in [0.5, 0.6) is 0 Å². The summed E-state index contributed by atoms with van der Waals surface area (Å²) < 4.78 is 1.99. The largest absolute Gasteiger partial charge is 0.353 e. The maximum atomic E-state index is 12.5. The van der Waals surface area contributed by atoms with Crippen molar-refractivity contribution in [2.75, 3.05) is 0 Å². The van der Waals surface area contributed by atoms with E-state index in [2.05, 4.69) is 29.5 Å². The first-order valence-electron chi connectivity index (χ1n) is 9.77. The molecule has 1 unspecified atom stereocenters. The summed E-state index contributed by atoms with van der Waals surface area (Å²) in [5, 5.41) is 6.26. The van der Waals surface area contributed by atoms with Crippen molar-refractivity contribution in [3.8, 4) is 0 Å². The number of imidazole rings is 1. The molecule has 2 heterocycles. The van der Waals surface area contributed by atoms with E-state index in [0.29, 0.717) is 18.3 Å². The van der Waals surface area contributed by atoms with E-state index < -0.39 is 0 Å². The zero-order valence-electron chi connectivity index (χ0n) is 15.4. The molecule has 1 aromatic rings. The van der Waals surface area contributed by atoms with Crippen LogP contribution >= 0.6 is 0 Å². The van der Waals surface area contributed by atoms with Crippen molar-refractivity contribution >= 4 is 11.8 Å². The zero-order valence-corrected chi connectivity index (χ0v) is 15.4. The summed E-state index contributed by atoms with van der Waals surface area (Å²) in [4.78, 5) is 29.3. The van der Waals surface area contributed by atoms with Gasteiger partial charge in [-0.25, -0.2) is 4.98 Å². The van der Waals surface area contributed by atoms with Gasteiger partial charge in [-0.1, -0.05) is 26.7 Å². The number of carbonyl (C=O) groups excluding carboxylic acids is 2. The quantitative estimate of drug-likeness (QED) is 0.830. The van der Waals surface area contributed by atoms with E-state index in [1.54, 1.807) is 6.33 Å². The topological polar surface area (TPSA) is 76.0 Å². The number of fused-ring (bicyclic) bond motifs is 1. The number of aromatic nitrogens is 2. The lowest BCUT2D eigenvalue weighted by molar-refractivity contribution is -0.126. The highest BCUT2D eigenvalue weighted by atomic mass is 16.2. The average molecular weight is 346 g/mol. The Kier molecular flexibility index (Phi) is 5.76. The summed E-state index contributed by atoms with van der Waals surface area (Å²) in [5.74, 6) is 0.0582. The second-order valence-corrected chi connectivity index (χ2v) is 7.40. The van der Waals surface area contributed by atoms with Crippen LogP contribution < -0.4 is 10.6 Å². The Morgan fingerprint density at radius 3 is 2.64 bits per heavy atom. The van der Waals surface area contributed by atoms with Gasteiger partial charge in [-0.2, -0.15) is 0 Å². The van der Waals surface area contributed by atoms with Gasteiger partial charge in [0.2, 0.25) is 5.91 Å². The van der Waals surface area contributed by atoms with Gasteiger partial charge >= 0.3 is 0 Å². The van der Waals surface area contributed by atoms with Gasteiger partial charge in [-0.15, -0.1) is 0 Å². The molecule has 1 saturated carbocycles. The first-order chi connectivity index (χ1) is 12.1. The maximum absolute atomic E-state index is 12.5. The molecule has 0 saturated heterocycles. The summed E-state index contributed by atoms with van der Waals surface area (Å²) in [6.45, 7) is 4.77. The fourth-order valence-corrected chi connectivity index (χ4v) is 4.01. The molecule has 138 valence electrons. The fraction of sp³-hybridized carbons (Fsp3) is 0.737. The highest BCUT2D eigenvalue weighted by Gasteiger charge is 2.30. The molecule has 2 amide bonds. The van der Waals surface area contributed by atoms with Crippen molar-refractivity contribution in [2.45, 2.75) is 83.8 Å². The lowest BCUT2D eigenvalue weighted by atomic mass is 9.95. The Bertz CT molecular complexity index is 615. The molecule has 3 rings (SSSR count). The molecule has 0 aromatic carbocycles. The van der Waals surface area contributed by atoms with Crippen LogP contribution in [-0.2, 0) is 17.8 Å². The second kappa shape index (κ2) is 8.02. The molecule has 1 aliphatic carbocycles. The van der Waals surface area contributed by atoms with Gasteiger partial charge in [-0.05, 0) is 38.5 Å². The van der Waals surface area contributed by atoms with Crippen molar-refractivity contribution in [3.05, 3.63) is 17.7 Å². The summed E-state index contributed by atoms with van der Waals surface area (Å²) in [5.41, 5.74) is 1.50. The number of amides is 2. The van der Waals surface area contributed by atoms with Crippen LogP contribution in [0.2, 0.25) is 0 Å². The van der Waals surface area contributed by atoms with Crippen LogP contribution in [0.1, 0.15) is 75.0 Å².